The molecular weight excluding hydrogens is 326 g/mol. The predicted octanol–water partition coefficient (Wildman–Crippen LogP) is 4.06. The average Bonchev–Trinajstić information content (AvgIpc) is 2.48. The summed E-state index contributed by atoms with van der Waals surface area (Å²) in [5.41, 5.74) is 2.06. The highest BCUT2D eigenvalue weighted by atomic mass is 19.1. The number of rotatable bonds is 6. The highest BCUT2D eigenvalue weighted by molar-refractivity contribution is 5.91. The molecule has 0 radical (unpaired) electrons. The highest BCUT2D eigenvalue weighted by Gasteiger charge is 2.14. The quantitative estimate of drug-likeness (QED) is 0.856. The van der Waals surface area contributed by atoms with E-state index >= 15 is 0 Å². The Morgan fingerprint density at radius 3 is 2.32 bits per heavy atom. The van der Waals surface area contributed by atoms with Crippen molar-refractivity contribution in [3.63, 3.8) is 0 Å². The number of carbonyl (C=O) groups is 1. The van der Waals surface area contributed by atoms with Crippen molar-refractivity contribution in [1.29, 1.82) is 0 Å². The lowest BCUT2D eigenvalue weighted by atomic mass is 10.1. The Morgan fingerprint density at radius 1 is 1.12 bits per heavy atom. The van der Waals surface area contributed by atoms with E-state index in [1.807, 2.05) is 32.0 Å². The van der Waals surface area contributed by atoms with Crippen LogP contribution in [-0.4, -0.2) is 26.6 Å². The van der Waals surface area contributed by atoms with Gasteiger partial charge in [-0.2, -0.15) is 0 Å². The van der Waals surface area contributed by atoms with Gasteiger partial charge in [0.15, 0.2) is 11.6 Å². The van der Waals surface area contributed by atoms with Gasteiger partial charge in [0.05, 0.1) is 13.0 Å². The van der Waals surface area contributed by atoms with Crippen LogP contribution in [0.2, 0.25) is 0 Å². The molecule has 6 heteroatoms. The summed E-state index contributed by atoms with van der Waals surface area (Å²) in [6, 6.07) is 7.98. The normalized spacial score (nSPS) is 10.5. The van der Waals surface area contributed by atoms with E-state index in [1.165, 1.54) is 4.90 Å². The van der Waals surface area contributed by atoms with Gasteiger partial charge >= 0.3 is 0 Å². The average molecular weight is 348 g/mol. The molecule has 1 N–H and O–H groups in total. The third-order valence-corrected chi connectivity index (χ3v) is 3.66. The van der Waals surface area contributed by atoms with Crippen molar-refractivity contribution in [2.24, 2.45) is 0 Å². The van der Waals surface area contributed by atoms with Crippen molar-refractivity contribution < 1.29 is 18.3 Å². The molecule has 0 heterocycles. The lowest BCUT2D eigenvalue weighted by molar-refractivity contribution is -0.116. The van der Waals surface area contributed by atoms with E-state index in [2.05, 4.69) is 5.32 Å². The molecule has 0 saturated carbocycles. The largest absolute Gasteiger partial charge is 0.493 e. The first kappa shape index (κ1) is 18.7. The maximum Gasteiger partial charge on any atom is 0.227 e. The third-order valence-electron chi connectivity index (χ3n) is 3.66. The summed E-state index contributed by atoms with van der Waals surface area (Å²) in [6.45, 7) is 4.10. The van der Waals surface area contributed by atoms with Crippen molar-refractivity contribution in [3.8, 4) is 5.75 Å². The summed E-state index contributed by atoms with van der Waals surface area (Å²) in [5.74, 6) is -1.12. The smallest absolute Gasteiger partial charge is 0.227 e. The molecule has 0 aliphatic heterocycles. The Hall–Kier alpha value is -2.63. The molecule has 0 aromatic heterocycles. The van der Waals surface area contributed by atoms with Crippen molar-refractivity contribution in [1.82, 2.24) is 0 Å². The van der Waals surface area contributed by atoms with E-state index in [-0.39, 0.29) is 30.3 Å². The van der Waals surface area contributed by atoms with Gasteiger partial charge in [-0.05, 0) is 37.6 Å². The maximum atomic E-state index is 13.9. The van der Waals surface area contributed by atoms with Crippen molar-refractivity contribution in [2.45, 2.75) is 20.3 Å². The van der Waals surface area contributed by atoms with Crippen LogP contribution in [0.15, 0.2) is 30.3 Å². The van der Waals surface area contributed by atoms with Crippen LogP contribution in [0.5, 0.6) is 5.75 Å². The molecule has 0 unspecified atom stereocenters. The Bertz CT molecular complexity index is 753. The van der Waals surface area contributed by atoms with Crippen molar-refractivity contribution >= 4 is 17.3 Å². The molecule has 2 aromatic rings. The molecule has 2 aromatic carbocycles. The molecule has 4 nitrogen and oxygen atoms in total. The zero-order valence-corrected chi connectivity index (χ0v) is 14.8. The first-order chi connectivity index (χ1) is 11.8. The summed E-state index contributed by atoms with van der Waals surface area (Å²) >= 11 is 0. The number of carbonyl (C=O) groups excluding carboxylic acids is 1. The van der Waals surface area contributed by atoms with Crippen molar-refractivity contribution in [2.75, 3.05) is 30.9 Å². The number of hydrogen-bond acceptors (Lipinski definition) is 3. The van der Waals surface area contributed by atoms with Crippen LogP contribution in [0.4, 0.5) is 20.2 Å². The molecular formula is C19H22F2N2O2. The van der Waals surface area contributed by atoms with Crippen LogP contribution in [0.25, 0.3) is 0 Å². The Balaban J connectivity index is 1.92. The van der Waals surface area contributed by atoms with Crippen LogP contribution in [-0.2, 0) is 4.79 Å². The number of nitrogens with zero attached hydrogens (tertiary/aromatic N) is 1. The van der Waals surface area contributed by atoms with Gasteiger partial charge in [0, 0.05) is 19.8 Å². The molecule has 0 bridgehead atoms. The first-order valence-electron chi connectivity index (χ1n) is 7.94. The van der Waals surface area contributed by atoms with E-state index in [0.717, 1.165) is 23.3 Å². The number of aryl methyl sites for hydroxylation is 2. The lowest BCUT2D eigenvalue weighted by Gasteiger charge is -2.16. The summed E-state index contributed by atoms with van der Waals surface area (Å²) in [7, 11) is 3.09. The second kappa shape index (κ2) is 7.96. The van der Waals surface area contributed by atoms with E-state index in [9.17, 15) is 13.6 Å². The highest BCUT2D eigenvalue weighted by Crippen LogP contribution is 2.25. The number of hydrogen-bond donors (Lipinski definition) is 1. The van der Waals surface area contributed by atoms with E-state index in [1.54, 1.807) is 14.1 Å². The fourth-order valence-corrected chi connectivity index (χ4v) is 2.50. The monoisotopic (exact) mass is 348 g/mol. The Morgan fingerprint density at radius 2 is 1.76 bits per heavy atom. The van der Waals surface area contributed by atoms with Crippen LogP contribution in [0.1, 0.15) is 17.5 Å². The second-order valence-electron chi connectivity index (χ2n) is 6.10. The number of amides is 1. The van der Waals surface area contributed by atoms with Gasteiger partial charge in [0.1, 0.15) is 11.4 Å². The topological polar surface area (TPSA) is 41.6 Å². The number of anilines is 2. The van der Waals surface area contributed by atoms with Crippen molar-refractivity contribution in [3.05, 3.63) is 53.1 Å². The Labute approximate surface area is 146 Å². The van der Waals surface area contributed by atoms with Gasteiger partial charge in [0.25, 0.3) is 0 Å². The summed E-state index contributed by atoms with van der Waals surface area (Å²) in [6.07, 6.45) is 0.0754. The van der Waals surface area contributed by atoms with Crippen LogP contribution < -0.4 is 15.0 Å². The fraction of sp³-hybridized carbons (Fsp3) is 0.316. The van der Waals surface area contributed by atoms with Gasteiger partial charge in [-0.15, -0.1) is 0 Å². The third kappa shape index (κ3) is 4.92. The Kier molecular flexibility index (Phi) is 5.96. The zero-order chi connectivity index (χ0) is 18.6. The first-order valence-corrected chi connectivity index (χ1v) is 7.94. The molecule has 25 heavy (non-hydrogen) atoms. The number of ether oxygens (including phenoxy) is 1. The lowest BCUT2D eigenvalue weighted by Crippen LogP contribution is -2.17. The zero-order valence-electron chi connectivity index (χ0n) is 14.8. The van der Waals surface area contributed by atoms with Gasteiger partial charge in [0.2, 0.25) is 5.91 Å². The van der Waals surface area contributed by atoms with Crippen LogP contribution in [0.3, 0.4) is 0 Å². The summed E-state index contributed by atoms with van der Waals surface area (Å²) in [4.78, 5) is 13.3. The number of benzene rings is 2. The van der Waals surface area contributed by atoms with Gasteiger partial charge < -0.3 is 15.0 Å². The summed E-state index contributed by atoms with van der Waals surface area (Å²) < 4.78 is 33.4. The number of nitrogens with one attached hydrogen (secondary N) is 1. The molecule has 0 saturated heterocycles. The number of halogens is 2. The molecule has 0 atom stereocenters. The molecule has 0 aliphatic rings. The SMILES string of the molecule is Cc1ccc(OCCC(=O)Nc2cc(F)c(N(C)C)c(F)c2)c(C)c1. The minimum atomic E-state index is -0.730. The predicted molar refractivity (Wildman–Crippen MR) is 95.3 cm³/mol. The van der Waals surface area contributed by atoms with Gasteiger partial charge in [-0.3, -0.25) is 4.79 Å². The van der Waals surface area contributed by atoms with Gasteiger partial charge in [-0.25, -0.2) is 8.78 Å². The van der Waals surface area contributed by atoms with Crippen LogP contribution >= 0.6 is 0 Å². The molecule has 0 fully saturated rings. The fourth-order valence-electron chi connectivity index (χ4n) is 2.50. The molecule has 1 amide bonds. The molecule has 2 rings (SSSR count). The minimum Gasteiger partial charge on any atom is -0.493 e. The molecule has 134 valence electrons. The van der Waals surface area contributed by atoms with E-state index < -0.39 is 11.6 Å². The standard InChI is InChI=1S/C19H22F2N2O2/c1-12-5-6-17(13(2)9-12)25-8-7-18(24)22-14-10-15(20)19(23(3)4)16(21)11-14/h5-6,9-11H,7-8H2,1-4H3,(H,22,24). The van der Waals surface area contributed by atoms with E-state index in [0.29, 0.717) is 5.75 Å². The van der Waals surface area contributed by atoms with Crippen LogP contribution in [0, 0.1) is 25.5 Å². The minimum absolute atomic E-state index is 0.0754. The second-order valence-corrected chi connectivity index (χ2v) is 6.10. The molecule has 0 spiro atoms. The summed E-state index contributed by atoms with van der Waals surface area (Å²) in [5, 5.41) is 2.48. The van der Waals surface area contributed by atoms with E-state index in [4.69, 9.17) is 4.74 Å². The maximum absolute atomic E-state index is 13.9. The van der Waals surface area contributed by atoms with Gasteiger partial charge in [-0.1, -0.05) is 17.7 Å². The molecule has 0 aliphatic carbocycles.